The number of nitrogens with zero attached hydrogens (tertiary/aromatic N) is 1. The van der Waals surface area contributed by atoms with E-state index in [2.05, 4.69) is 4.98 Å². The number of aromatic carboxylic acids is 1. The van der Waals surface area contributed by atoms with Gasteiger partial charge in [-0.3, -0.25) is 0 Å². The normalized spacial score (nSPS) is 9.55. The van der Waals surface area contributed by atoms with Gasteiger partial charge in [-0.15, -0.1) is 0 Å². The largest absolute Gasteiger partial charge is 0.477 e. The molecular formula is C7H6BNO2. The average molecular weight is 147 g/mol. The number of hydrogen-bond acceptors (Lipinski definition) is 2. The summed E-state index contributed by atoms with van der Waals surface area (Å²) in [7, 11) is 5.37. The lowest BCUT2D eigenvalue weighted by Gasteiger charge is -1.99. The third kappa shape index (κ3) is 1.58. The molecule has 0 fully saturated rings. The molecule has 0 aliphatic heterocycles. The summed E-state index contributed by atoms with van der Waals surface area (Å²) in [5, 5.41) is 8.55. The maximum atomic E-state index is 10.4. The number of pyridine rings is 1. The van der Waals surface area contributed by atoms with Gasteiger partial charge in [-0.2, -0.15) is 0 Å². The minimum Gasteiger partial charge on any atom is -0.477 e. The third-order valence-corrected chi connectivity index (χ3v) is 1.30. The Bertz CT molecular complexity index is 298. The lowest BCUT2D eigenvalue weighted by molar-refractivity contribution is 0.0689. The molecule has 0 spiro atoms. The van der Waals surface area contributed by atoms with E-state index in [1.54, 1.807) is 13.0 Å². The van der Waals surface area contributed by atoms with Gasteiger partial charge in [0.15, 0.2) is 5.69 Å². The van der Waals surface area contributed by atoms with E-state index in [9.17, 15) is 4.79 Å². The van der Waals surface area contributed by atoms with Crippen LogP contribution in [-0.4, -0.2) is 23.9 Å². The Balaban J connectivity index is 3.20. The van der Waals surface area contributed by atoms with Gasteiger partial charge >= 0.3 is 5.97 Å². The molecule has 1 heterocycles. The van der Waals surface area contributed by atoms with E-state index in [1.165, 1.54) is 6.20 Å². The lowest BCUT2D eigenvalue weighted by Crippen LogP contribution is -2.10. The topological polar surface area (TPSA) is 50.2 Å². The van der Waals surface area contributed by atoms with E-state index >= 15 is 0 Å². The first kappa shape index (κ1) is 7.79. The first-order valence-corrected chi connectivity index (χ1v) is 3.06. The summed E-state index contributed by atoms with van der Waals surface area (Å²) in [5.74, 6) is -1.03. The second kappa shape index (κ2) is 2.74. The average Bonchev–Trinajstić information content (AvgIpc) is 1.85. The van der Waals surface area contributed by atoms with Crippen molar-refractivity contribution < 1.29 is 9.90 Å². The Hall–Kier alpha value is -1.32. The second-order valence-electron chi connectivity index (χ2n) is 2.24. The zero-order valence-electron chi connectivity index (χ0n) is 6.03. The predicted molar refractivity (Wildman–Crippen MR) is 41.3 cm³/mol. The van der Waals surface area contributed by atoms with Crippen molar-refractivity contribution in [3.63, 3.8) is 0 Å². The summed E-state index contributed by atoms with van der Waals surface area (Å²) in [4.78, 5) is 14.1. The van der Waals surface area contributed by atoms with Crippen molar-refractivity contribution in [3.8, 4) is 0 Å². The Morgan fingerprint density at radius 2 is 2.36 bits per heavy atom. The molecular weight excluding hydrogens is 141 g/mol. The van der Waals surface area contributed by atoms with Crippen LogP contribution >= 0.6 is 0 Å². The molecule has 0 atom stereocenters. The van der Waals surface area contributed by atoms with Gasteiger partial charge in [0.2, 0.25) is 0 Å². The van der Waals surface area contributed by atoms with Crippen LogP contribution in [0, 0.1) is 6.92 Å². The number of rotatable bonds is 1. The van der Waals surface area contributed by atoms with Crippen molar-refractivity contribution in [2.45, 2.75) is 6.92 Å². The summed E-state index contributed by atoms with van der Waals surface area (Å²) in [6.45, 7) is 1.66. The van der Waals surface area contributed by atoms with E-state index < -0.39 is 5.97 Å². The molecule has 0 bridgehead atoms. The van der Waals surface area contributed by atoms with Crippen LogP contribution in [0.4, 0.5) is 0 Å². The number of hydrogen-bond donors (Lipinski definition) is 1. The monoisotopic (exact) mass is 147 g/mol. The van der Waals surface area contributed by atoms with Gasteiger partial charge in [-0.25, -0.2) is 9.78 Å². The zero-order valence-corrected chi connectivity index (χ0v) is 6.03. The quantitative estimate of drug-likeness (QED) is 0.563. The molecule has 0 saturated heterocycles. The minimum absolute atomic E-state index is 0.0548. The molecule has 0 saturated carbocycles. The van der Waals surface area contributed by atoms with Crippen molar-refractivity contribution in [1.82, 2.24) is 4.98 Å². The maximum absolute atomic E-state index is 10.4. The number of carboxylic acid groups (broad SMARTS) is 1. The van der Waals surface area contributed by atoms with E-state index in [4.69, 9.17) is 13.0 Å². The highest BCUT2D eigenvalue weighted by molar-refractivity contribution is 6.32. The fraction of sp³-hybridized carbons (Fsp3) is 0.143. The SMILES string of the molecule is [B]c1cnc(C(=O)O)c(C)c1. The summed E-state index contributed by atoms with van der Waals surface area (Å²) in [6, 6.07) is 1.58. The van der Waals surface area contributed by atoms with Gasteiger partial charge in [0, 0.05) is 6.20 Å². The minimum atomic E-state index is -1.03. The van der Waals surface area contributed by atoms with Crippen LogP contribution in [0.3, 0.4) is 0 Å². The van der Waals surface area contributed by atoms with Crippen molar-refractivity contribution in [1.29, 1.82) is 0 Å². The van der Waals surface area contributed by atoms with E-state index in [0.717, 1.165) is 0 Å². The second-order valence-corrected chi connectivity index (χ2v) is 2.24. The molecule has 1 N–H and O–H groups in total. The number of carbonyl (C=O) groups is 1. The molecule has 0 aliphatic rings. The van der Waals surface area contributed by atoms with Crippen LogP contribution < -0.4 is 5.46 Å². The van der Waals surface area contributed by atoms with Crippen molar-refractivity contribution in [2.24, 2.45) is 0 Å². The molecule has 0 aliphatic carbocycles. The van der Waals surface area contributed by atoms with Crippen LogP contribution in [0.2, 0.25) is 0 Å². The molecule has 1 aromatic rings. The van der Waals surface area contributed by atoms with Gasteiger partial charge in [-0.1, -0.05) is 11.5 Å². The molecule has 11 heavy (non-hydrogen) atoms. The maximum Gasteiger partial charge on any atom is 0.354 e. The standard InChI is InChI=1S/C7H6BNO2/c1-4-2-5(8)3-9-6(4)7(10)11/h2-3H,1H3,(H,10,11). The predicted octanol–water partition coefficient (Wildman–Crippen LogP) is -0.118. The van der Waals surface area contributed by atoms with Crippen LogP contribution in [0.5, 0.6) is 0 Å². The molecule has 1 rings (SSSR count). The van der Waals surface area contributed by atoms with E-state index in [0.29, 0.717) is 11.0 Å². The van der Waals surface area contributed by atoms with E-state index in [1.807, 2.05) is 0 Å². The van der Waals surface area contributed by atoms with Crippen LogP contribution in [-0.2, 0) is 0 Å². The molecule has 2 radical (unpaired) electrons. The molecule has 4 heteroatoms. The summed E-state index contributed by atoms with van der Waals surface area (Å²) >= 11 is 0. The first-order chi connectivity index (χ1) is 5.11. The lowest BCUT2D eigenvalue weighted by atomic mass is 9.96. The first-order valence-electron chi connectivity index (χ1n) is 3.06. The third-order valence-electron chi connectivity index (χ3n) is 1.30. The van der Waals surface area contributed by atoms with Crippen LogP contribution in [0.25, 0.3) is 0 Å². The fourth-order valence-electron chi connectivity index (χ4n) is 0.820. The Labute approximate surface area is 65.5 Å². The van der Waals surface area contributed by atoms with Gasteiger partial charge in [-0.05, 0) is 12.5 Å². The highest BCUT2D eigenvalue weighted by Gasteiger charge is 2.06. The molecule has 1 aromatic heterocycles. The molecule has 0 aromatic carbocycles. The number of aromatic nitrogens is 1. The highest BCUT2D eigenvalue weighted by Crippen LogP contribution is 1.99. The zero-order chi connectivity index (χ0) is 8.43. The summed E-state index contributed by atoms with van der Waals surface area (Å²) in [5.41, 5.74) is 1.12. The molecule has 0 amide bonds. The van der Waals surface area contributed by atoms with E-state index in [-0.39, 0.29) is 5.69 Å². The van der Waals surface area contributed by atoms with Gasteiger partial charge in [0.05, 0.1) is 0 Å². The number of aryl methyl sites for hydroxylation is 1. The Morgan fingerprint density at radius 3 is 2.82 bits per heavy atom. The molecule has 3 nitrogen and oxygen atoms in total. The van der Waals surface area contributed by atoms with Crippen molar-refractivity contribution >= 4 is 19.3 Å². The van der Waals surface area contributed by atoms with Gasteiger partial charge in [0.1, 0.15) is 7.85 Å². The van der Waals surface area contributed by atoms with Crippen LogP contribution in [0.15, 0.2) is 12.3 Å². The van der Waals surface area contributed by atoms with Gasteiger partial charge < -0.3 is 5.11 Å². The summed E-state index contributed by atoms with van der Waals surface area (Å²) in [6.07, 6.45) is 1.33. The Kier molecular flexibility index (Phi) is 1.94. The number of carboxylic acids is 1. The Morgan fingerprint density at radius 1 is 1.73 bits per heavy atom. The fourth-order valence-corrected chi connectivity index (χ4v) is 0.820. The van der Waals surface area contributed by atoms with Crippen molar-refractivity contribution in [2.75, 3.05) is 0 Å². The molecule has 0 unspecified atom stereocenters. The summed E-state index contributed by atoms with van der Waals surface area (Å²) < 4.78 is 0. The molecule has 54 valence electrons. The van der Waals surface area contributed by atoms with Crippen molar-refractivity contribution in [3.05, 3.63) is 23.5 Å². The smallest absolute Gasteiger partial charge is 0.354 e. The highest BCUT2D eigenvalue weighted by atomic mass is 16.4. The van der Waals surface area contributed by atoms with Crippen LogP contribution in [0.1, 0.15) is 16.1 Å². The van der Waals surface area contributed by atoms with Gasteiger partial charge in [0.25, 0.3) is 0 Å².